The molecule has 0 spiro atoms. The van der Waals surface area contributed by atoms with Gasteiger partial charge in [-0.05, 0) is 43.9 Å². The number of piperidine rings is 1. The third kappa shape index (κ3) is 5.48. The lowest BCUT2D eigenvalue weighted by molar-refractivity contribution is -0.123. The fourth-order valence-corrected chi connectivity index (χ4v) is 7.24. The molecule has 176 valence electrons. The van der Waals surface area contributed by atoms with Gasteiger partial charge in [0.05, 0.1) is 16.3 Å². The second-order valence-corrected chi connectivity index (χ2v) is 11.9. The Morgan fingerprint density at radius 3 is 2.38 bits per heavy atom. The average molecular weight is 480 g/mol. The van der Waals surface area contributed by atoms with Gasteiger partial charge in [0.1, 0.15) is 6.54 Å². The van der Waals surface area contributed by atoms with Crippen LogP contribution >= 0.6 is 11.8 Å². The molecule has 2 fully saturated rings. The van der Waals surface area contributed by atoms with E-state index in [1.165, 1.54) is 40.2 Å². The van der Waals surface area contributed by atoms with Crippen molar-refractivity contribution in [1.29, 1.82) is 0 Å². The number of hydrogen-bond donors (Lipinski definition) is 1. The third-order valence-electron chi connectivity index (χ3n) is 6.60. The van der Waals surface area contributed by atoms with Crippen LogP contribution in [0.1, 0.15) is 64.2 Å². The van der Waals surface area contributed by atoms with Gasteiger partial charge in [0.2, 0.25) is 21.8 Å². The Hall–Kier alpha value is -1.58. The molecular formula is C23H33N3O4S2. The van der Waals surface area contributed by atoms with Gasteiger partial charge in [-0.3, -0.25) is 9.59 Å². The van der Waals surface area contributed by atoms with Crippen molar-refractivity contribution in [1.82, 2.24) is 9.62 Å². The van der Waals surface area contributed by atoms with E-state index >= 15 is 0 Å². The average Bonchev–Trinajstić information content (AvgIpc) is 2.78. The largest absolute Gasteiger partial charge is 0.352 e. The molecule has 4 rings (SSSR count). The number of hydrogen-bond acceptors (Lipinski definition) is 5. The molecule has 1 saturated carbocycles. The smallest absolute Gasteiger partial charge is 0.243 e. The molecule has 2 aliphatic heterocycles. The van der Waals surface area contributed by atoms with E-state index < -0.39 is 10.0 Å². The number of nitrogens with zero attached hydrogens (tertiary/aromatic N) is 2. The van der Waals surface area contributed by atoms with Gasteiger partial charge >= 0.3 is 0 Å². The predicted molar refractivity (Wildman–Crippen MR) is 126 cm³/mol. The minimum Gasteiger partial charge on any atom is -0.352 e. The Kier molecular flexibility index (Phi) is 7.78. The highest BCUT2D eigenvalue weighted by molar-refractivity contribution is 8.00. The molecule has 0 aromatic heterocycles. The highest BCUT2D eigenvalue weighted by atomic mass is 32.2. The Bertz CT molecular complexity index is 937. The Morgan fingerprint density at radius 1 is 1.00 bits per heavy atom. The summed E-state index contributed by atoms with van der Waals surface area (Å²) in [6.45, 7) is 0.983. The van der Waals surface area contributed by atoms with Crippen LogP contribution in [0.4, 0.5) is 5.69 Å². The molecule has 0 bridgehead atoms. The lowest BCUT2D eigenvalue weighted by atomic mass is 9.97. The molecule has 3 aliphatic rings. The van der Waals surface area contributed by atoms with Crippen molar-refractivity contribution in [3.05, 3.63) is 18.2 Å². The topological polar surface area (TPSA) is 86.8 Å². The SMILES string of the molecule is O=C(CN1C(=O)CSc2ccc(S(=O)(=O)N3CCCCC3)cc21)NC1CCCCCCC1. The van der Waals surface area contributed by atoms with Crippen LogP contribution in [-0.4, -0.2) is 56.0 Å². The van der Waals surface area contributed by atoms with Crippen molar-refractivity contribution < 1.29 is 18.0 Å². The van der Waals surface area contributed by atoms with Crippen LogP contribution in [0, 0.1) is 0 Å². The lowest BCUT2D eigenvalue weighted by Crippen LogP contribution is -2.46. The molecule has 9 heteroatoms. The van der Waals surface area contributed by atoms with E-state index in [1.807, 2.05) is 0 Å². The number of thioether (sulfide) groups is 1. The maximum Gasteiger partial charge on any atom is 0.243 e. The van der Waals surface area contributed by atoms with E-state index in [0.29, 0.717) is 18.8 Å². The van der Waals surface area contributed by atoms with Crippen LogP contribution in [0.5, 0.6) is 0 Å². The van der Waals surface area contributed by atoms with Gasteiger partial charge in [-0.25, -0.2) is 8.42 Å². The van der Waals surface area contributed by atoms with Crippen molar-refractivity contribution in [2.45, 2.75) is 80.0 Å². The fraction of sp³-hybridized carbons (Fsp3) is 0.652. The molecule has 1 aromatic rings. The number of rotatable bonds is 5. The number of sulfonamides is 1. The summed E-state index contributed by atoms with van der Waals surface area (Å²) in [5, 5.41) is 3.12. The highest BCUT2D eigenvalue weighted by Crippen LogP contribution is 2.37. The summed E-state index contributed by atoms with van der Waals surface area (Å²) in [6, 6.07) is 5.12. The van der Waals surface area contributed by atoms with Gasteiger partial charge in [-0.15, -0.1) is 11.8 Å². The summed E-state index contributed by atoms with van der Waals surface area (Å²) in [5.74, 6) is -0.0871. The number of carbonyl (C=O) groups is 2. The zero-order chi connectivity index (χ0) is 22.6. The predicted octanol–water partition coefficient (Wildman–Crippen LogP) is 3.53. The summed E-state index contributed by atoms with van der Waals surface area (Å²) in [5.41, 5.74) is 0.525. The van der Waals surface area contributed by atoms with Gasteiger partial charge in [0.15, 0.2) is 0 Å². The molecule has 1 saturated heterocycles. The second-order valence-electron chi connectivity index (χ2n) is 8.97. The highest BCUT2D eigenvalue weighted by Gasteiger charge is 2.31. The molecule has 32 heavy (non-hydrogen) atoms. The van der Waals surface area contributed by atoms with Crippen molar-refractivity contribution in [2.24, 2.45) is 0 Å². The molecule has 0 unspecified atom stereocenters. The zero-order valence-electron chi connectivity index (χ0n) is 18.6. The molecule has 0 atom stereocenters. The summed E-state index contributed by atoms with van der Waals surface area (Å²) >= 11 is 1.39. The molecule has 1 N–H and O–H groups in total. The first-order valence-corrected chi connectivity index (χ1v) is 14.2. The molecule has 0 radical (unpaired) electrons. The van der Waals surface area contributed by atoms with Crippen molar-refractivity contribution >= 4 is 39.3 Å². The first-order valence-electron chi connectivity index (χ1n) is 11.8. The molecule has 7 nitrogen and oxygen atoms in total. The minimum atomic E-state index is -3.61. The van der Waals surface area contributed by atoms with Crippen LogP contribution < -0.4 is 10.2 Å². The summed E-state index contributed by atoms with van der Waals surface area (Å²) in [6.07, 6.45) is 10.6. The van der Waals surface area contributed by atoms with Crippen molar-refractivity contribution in [3.63, 3.8) is 0 Å². The molecule has 1 aliphatic carbocycles. The quantitative estimate of drug-likeness (QED) is 0.698. The fourth-order valence-electron chi connectivity index (χ4n) is 4.79. The number of benzene rings is 1. The van der Waals surface area contributed by atoms with Gasteiger partial charge in [-0.1, -0.05) is 38.5 Å². The normalized spacial score (nSPS) is 21.5. The van der Waals surface area contributed by atoms with Gasteiger partial charge in [-0.2, -0.15) is 4.31 Å². The number of fused-ring (bicyclic) bond motifs is 1. The van der Waals surface area contributed by atoms with Gasteiger partial charge in [0.25, 0.3) is 0 Å². The van der Waals surface area contributed by atoms with E-state index in [1.54, 1.807) is 18.2 Å². The van der Waals surface area contributed by atoms with E-state index in [0.717, 1.165) is 49.8 Å². The summed E-state index contributed by atoms with van der Waals surface area (Å²) in [7, 11) is -3.61. The third-order valence-corrected chi connectivity index (χ3v) is 9.54. The molecule has 2 heterocycles. The lowest BCUT2D eigenvalue weighted by Gasteiger charge is -2.31. The number of carbonyl (C=O) groups excluding carboxylic acids is 2. The van der Waals surface area contributed by atoms with E-state index in [9.17, 15) is 18.0 Å². The molecular weight excluding hydrogens is 446 g/mol. The second kappa shape index (κ2) is 10.6. The number of nitrogens with one attached hydrogen (secondary N) is 1. The summed E-state index contributed by atoms with van der Waals surface area (Å²) in [4.78, 5) is 28.0. The molecule has 2 amide bonds. The Labute approximate surface area is 195 Å². The maximum absolute atomic E-state index is 13.1. The van der Waals surface area contributed by atoms with Crippen LogP contribution in [-0.2, 0) is 19.6 Å². The Morgan fingerprint density at radius 2 is 1.66 bits per heavy atom. The Balaban J connectivity index is 1.51. The number of anilines is 1. The van der Waals surface area contributed by atoms with Crippen molar-refractivity contribution in [2.75, 3.05) is 30.3 Å². The van der Waals surface area contributed by atoms with Crippen LogP contribution in [0.2, 0.25) is 0 Å². The zero-order valence-corrected chi connectivity index (χ0v) is 20.2. The van der Waals surface area contributed by atoms with E-state index in [-0.39, 0.29) is 35.0 Å². The van der Waals surface area contributed by atoms with E-state index in [2.05, 4.69) is 5.32 Å². The van der Waals surface area contributed by atoms with Gasteiger partial charge in [0, 0.05) is 24.0 Å². The minimum absolute atomic E-state index is 0.0733. The van der Waals surface area contributed by atoms with Crippen LogP contribution in [0.15, 0.2) is 28.0 Å². The first kappa shape index (κ1) is 23.6. The van der Waals surface area contributed by atoms with Crippen LogP contribution in [0.25, 0.3) is 0 Å². The number of amides is 2. The van der Waals surface area contributed by atoms with Crippen molar-refractivity contribution in [3.8, 4) is 0 Å². The maximum atomic E-state index is 13.1. The summed E-state index contributed by atoms with van der Waals surface area (Å²) < 4.78 is 27.8. The standard InChI is InChI=1S/C23H33N3O4S2/c27-22(24-18-9-5-2-1-3-6-10-18)16-26-20-15-19(11-12-21(20)31-17-23(26)28)32(29,30)25-13-7-4-8-14-25/h11-12,15,18H,1-10,13-14,16-17H2,(H,24,27). The first-order chi connectivity index (χ1) is 15.4. The van der Waals surface area contributed by atoms with E-state index in [4.69, 9.17) is 0 Å². The van der Waals surface area contributed by atoms with Gasteiger partial charge < -0.3 is 10.2 Å². The molecule has 1 aromatic carbocycles. The monoisotopic (exact) mass is 479 g/mol. The van der Waals surface area contributed by atoms with Crippen LogP contribution in [0.3, 0.4) is 0 Å².